The molecule has 0 saturated carbocycles. The van der Waals surface area contributed by atoms with Gasteiger partial charge < -0.3 is 5.11 Å². The van der Waals surface area contributed by atoms with Crippen LogP contribution in [0.5, 0.6) is 0 Å². The minimum atomic E-state index is -4.44. The summed E-state index contributed by atoms with van der Waals surface area (Å²) < 4.78 is 71.0. The van der Waals surface area contributed by atoms with Crippen LogP contribution in [0, 0.1) is 17.5 Å². The second-order valence-electron chi connectivity index (χ2n) is 7.62. The summed E-state index contributed by atoms with van der Waals surface area (Å²) in [6.45, 7) is 1.46. The van der Waals surface area contributed by atoms with Gasteiger partial charge in [0.25, 0.3) is 10.0 Å². The van der Waals surface area contributed by atoms with Gasteiger partial charge in [-0.15, -0.1) is 0 Å². The maximum absolute atomic E-state index is 14.8. The zero-order chi connectivity index (χ0) is 25.0. The topological polar surface area (TPSA) is 74.7 Å². The number of hydrogen-bond donors (Lipinski definition) is 1. The minimum absolute atomic E-state index is 0.143. The predicted octanol–water partition coefficient (Wildman–Crippen LogP) is 6.12. The SMILES string of the molecule is C[C@@H](c1ccc(F)cc1CCCC(=O)O)N(c1cc(F)ccc1F)S(=O)(=O)c1ccc(Cl)cc1. The molecule has 0 saturated heterocycles. The molecule has 5 nitrogen and oxygen atoms in total. The van der Waals surface area contributed by atoms with Gasteiger partial charge in [-0.1, -0.05) is 17.7 Å². The molecule has 180 valence electrons. The van der Waals surface area contributed by atoms with Crippen molar-refractivity contribution in [1.29, 1.82) is 0 Å². The third-order valence-corrected chi connectivity index (χ3v) is 7.41. The molecule has 34 heavy (non-hydrogen) atoms. The Kier molecular flexibility index (Phi) is 7.89. The molecule has 1 atom stereocenters. The number of aliphatic carboxylic acids is 1. The standard InChI is InChI=1S/C24H21ClF3NO4S/c1-15(21-11-7-18(26)13-16(21)3-2-4-24(30)31)29(23-14-19(27)8-12-22(23)28)34(32,33)20-9-5-17(25)6-10-20/h5-15H,2-4H2,1H3,(H,30,31)/t15-/m0/s1. The van der Waals surface area contributed by atoms with Crippen LogP contribution in [-0.2, 0) is 21.2 Å². The van der Waals surface area contributed by atoms with Crippen molar-refractivity contribution in [2.75, 3.05) is 4.31 Å². The van der Waals surface area contributed by atoms with Crippen molar-refractivity contribution >= 4 is 33.3 Å². The summed E-state index contributed by atoms with van der Waals surface area (Å²) in [7, 11) is -4.44. The molecule has 0 unspecified atom stereocenters. The van der Waals surface area contributed by atoms with Crippen molar-refractivity contribution in [2.45, 2.75) is 37.1 Å². The summed E-state index contributed by atoms with van der Waals surface area (Å²) in [4.78, 5) is 10.7. The molecule has 0 aliphatic carbocycles. The van der Waals surface area contributed by atoms with Crippen LogP contribution in [0.2, 0.25) is 5.02 Å². The van der Waals surface area contributed by atoms with E-state index in [2.05, 4.69) is 0 Å². The highest BCUT2D eigenvalue weighted by molar-refractivity contribution is 7.92. The van der Waals surface area contributed by atoms with E-state index in [4.69, 9.17) is 16.7 Å². The van der Waals surface area contributed by atoms with E-state index in [9.17, 15) is 26.4 Å². The van der Waals surface area contributed by atoms with Gasteiger partial charge >= 0.3 is 5.97 Å². The van der Waals surface area contributed by atoms with Crippen LogP contribution in [0.15, 0.2) is 65.6 Å². The highest BCUT2D eigenvalue weighted by Gasteiger charge is 2.33. The van der Waals surface area contributed by atoms with E-state index < -0.39 is 45.2 Å². The first kappa shape index (κ1) is 25.6. The van der Waals surface area contributed by atoms with Crippen LogP contribution in [0.25, 0.3) is 0 Å². The Morgan fingerprint density at radius 1 is 1.00 bits per heavy atom. The molecule has 1 N–H and O–H groups in total. The molecule has 10 heteroatoms. The van der Waals surface area contributed by atoms with Gasteiger partial charge in [0.05, 0.1) is 16.6 Å². The molecular formula is C24H21ClF3NO4S. The van der Waals surface area contributed by atoms with Gasteiger partial charge in [-0.05, 0) is 79.4 Å². The second-order valence-corrected chi connectivity index (χ2v) is 9.87. The third kappa shape index (κ3) is 5.71. The molecule has 3 rings (SSSR count). The minimum Gasteiger partial charge on any atom is -0.481 e. The largest absolute Gasteiger partial charge is 0.481 e. The number of sulfonamides is 1. The van der Waals surface area contributed by atoms with Crippen molar-refractivity contribution in [3.05, 3.63) is 94.3 Å². The number of nitrogens with zero attached hydrogens (tertiary/aromatic N) is 1. The molecule has 0 fully saturated rings. The molecular weight excluding hydrogens is 491 g/mol. The number of carboxylic acids is 1. The fraction of sp³-hybridized carbons (Fsp3) is 0.208. The van der Waals surface area contributed by atoms with Crippen LogP contribution in [0.4, 0.5) is 18.9 Å². The van der Waals surface area contributed by atoms with Crippen LogP contribution in [0.1, 0.15) is 36.9 Å². The third-order valence-electron chi connectivity index (χ3n) is 5.26. The number of hydrogen-bond acceptors (Lipinski definition) is 3. The number of benzene rings is 3. The van der Waals surface area contributed by atoms with Gasteiger partial charge in [0.1, 0.15) is 17.5 Å². The van der Waals surface area contributed by atoms with Crippen molar-refractivity contribution in [3.8, 4) is 0 Å². The van der Waals surface area contributed by atoms with E-state index in [1.54, 1.807) is 0 Å². The summed E-state index contributed by atoms with van der Waals surface area (Å²) >= 11 is 5.87. The summed E-state index contributed by atoms with van der Waals surface area (Å²) in [5.41, 5.74) is 0.165. The van der Waals surface area contributed by atoms with Crippen LogP contribution in [0.3, 0.4) is 0 Å². The van der Waals surface area contributed by atoms with Crippen molar-refractivity contribution < 1.29 is 31.5 Å². The highest BCUT2D eigenvalue weighted by atomic mass is 35.5. The first-order valence-electron chi connectivity index (χ1n) is 10.3. The average Bonchev–Trinajstić information content (AvgIpc) is 2.76. The number of halogens is 4. The Balaban J connectivity index is 2.17. The zero-order valence-corrected chi connectivity index (χ0v) is 19.6. The van der Waals surface area contributed by atoms with Gasteiger partial charge in [-0.3, -0.25) is 9.10 Å². The Hall–Kier alpha value is -3.04. The fourth-order valence-corrected chi connectivity index (χ4v) is 5.44. The molecule has 0 aromatic heterocycles. The lowest BCUT2D eigenvalue weighted by Crippen LogP contribution is -2.35. The second kappa shape index (κ2) is 10.5. The lowest BCUT2D eigenvalue weighted by atomic mass is 9.96. The summed E-state index contributed by atoms with van der Waals surface area (Å²) in [5.74, 6) is -3.44. The fourth-order valence-electron chi connectivity index (χ4n) is 3.68. The molecule has 0 radical (unpaired) electrons. The lowest BCUT2D eigenvalue weighted by molar-refractivity contribution is -0.137. The number of anilines is 1. The number of carboxylic acid groups (broad SMARTS) is 1. The van der Waals surface area contributed by atoms with Crippen molar-refractivity contribution in [3.63, 3.8) is 0 Å². The molecule has 0 bridgehead atoms. The molecule has 0 aliphatic rings. The van der Waals surface area contributed by atoms with E-state index >= 15 is 0 Å². The molecule has 3 aromatic carbocycles. The Morgan fingerprint density at radius 3 is 2.26 bits per heavy atom. The average molecular weight is 512 g/mol. The highest BCUT2D eigenvalue weighted by Crippen LogP contribution is 2.37. The van der Waals surface area contributed by atoms with Crippen LogP contribution in [-0.4, -0.2) is 19.5 Å². The Morgan fingerprint density at radius 2 is 1.62 bits per heavy atom. The van der Waals surface area contributed by atoms with E-state index in [1.165, 1.54) is 43.3 Å². The molecule has 0 heterocycles. The van der Waals surface area contributed by atoms with Crippen molar-refractivity contribution in [2.24, 2.45) is 0 Å². The monoisotopic (exact) mass is 511 g/mol. The molecule has 0 aliphatic heterocycles. The van der Waals surface area contributed by atoms with Gasteiger partial charge in [-0.25, -0.2) is 21.6 Å². The summed E-state index contributed by atoms with van der Waals surface area (Å²) in [6.07, 6.45) is 0.149. The quantitative estimate of drug-likeness (QED) is 0.375. The smallest absolute Gasteiger partial charge is 0.303 e. The Labute approximate surface area is 200 Å². The first-order valence-corrected chi connectivity index (χ1v) is 12.1. The van der Waals surface area contributed by atoms with Gasteiger partial charge in [0.15, 0.2) is 0 Å². The molecule has 0 spiro atoms. The number of aryl methyl sites for hydroxylation is 1. The van der Waals surface area contributed by atoms with Crippen LogP contribution >= 0.6 is 11.6 Å². The van der Waals surface area contributed by atoms with Gasteiger partial charge in [0.2, 0.25) is 0 Å². The number of rotatable bonds is 9. The number of carbonyl (C=O) groups is 1. The zero-order valence-electron chi connectivity index (χ0n) is 18.0. The van der Waals surface area contributed by atoms with E-state index in [0.717, 1.165) is 28.6 Å². The maximum atomic E-state index is 14.8. The summed E-state index contributed by atoms with van der Waals surface area (Å²) in [6, 6.07) is 10.2. The van der Waals surface area contributed by atoms with Gasteiger partial charge in [-0.2, -0.15) is 0 Å². The van der Waals surface area contributed by atoms with E-state index in [0.29, 0.717) is 11.1 Å². The Bertz CT molecular complexity index is 1300. The predicted molar refractivity (Wildman–Crippen MR) is 123 cm³/mol. The van der Waals surface area contributed by atoms with E-state index in [-0.39, 0.29) is 29.2 Å². The normalized spacial score (nSPS) is 12.4. The lowest BCUT2D eigenvalue weighted by Gasteiger charge is -2.32. The summed E-state index contributed by atoms with van der Waals surface area (Å²) in [5, 5.41) is 9.21. The first-order chi connectivity index (χ1) is 16.0. The van der Waals surface area contributed by atoms with Crippen molar-refractivity contribution in [1.82, 2.24) is 0 Å². The molecule has 3 aromatic rings. The molecule has 0 amide bonds. The van der Waals surface area contributed by atoms with Crippen LogP contribution < -0.4 is 4.31 Å². The van der Waals surface area contributed by atoms with E-state index in [1.807, 2.05) is 0 Å². The maximum Gasteiger partial charge on any atom is 0.303 e. The van der Waals surface area contributed by atoms with Gasteiger partial charge in [0, 0.05) is 17.5 Å².